The Bertz CT molecular complexity index is 293. The fourth-order valence-electron chi connectivity index (χ4n) is 3.31. The van der Waals surface area contributed by atoms with Crippen LogP contribution in [0, 0.1) is 23.7 Å². The third-order valence-electron chi connectivity index (χ3n) is 4.31. The van der Waals surface area contributed by atoms with Gasteiger partial charge in [0.15, 0.2) is 0 Å². The smallest absolute Gasteiger partial charge is 0.00105 e. The highest BCUT2D eigenvalue weighted by Gasteiger charge is 2.32. The van der Waals surface area contributed by atoms with Crippen LogP contribution in [0.2, 0.25) is 0 Å². The highest BCUT2D eigenvalue weighted by molar-refractivity contribution is 5.28. The molecule has 0 aromatic rings. The molecule has 15 heavy (non-hydrogen) atoms. The van der Waals surface area contributed by atoms with Crippen molar-refractivity contribution >= 4 is 0 Å². The Hall–Kier alpha value is -0.520. The molecule has 84 valence electrons. The average molecular weight is 204 g/mol. The molecule has 0 nitrogen and oxygen atoms in total. The van der Waals surface area contributed by atoms with Crippen molar-refractivity contribution in [2.24, 2.45) is 23.7 Å². The molecule has 0 heteroatoms. The van der Waals surface area contributed by atoms with E-state index in [2.05, 4.69) is 39.8 Å². The Balaban J connectivity index is 2.30. The summed E-state index contributed by atoms with van der Waals surface area (Å²) in [7, 11) is 0. The van der Waals surface area contributed by atoms with Crippen molar-refractivity contribution in [1.82, 2.24) is 0 Å². The molecule has 0 saturated carbocycles. The van der Waals surface area contributed by atoms with E-state index >= 15 is 0 Å². The molecular weight excluding hydrogens is 180 g/mol. The van der Waals surface area contributed by atoms with E-state index < -0.39 is 0 Å². The minimum atomic E-state index is 0.761. The molecule has 2 aliphatic carbocycles. The van der Waals surface area contributed by atoms with E-state index in [4.69, 9.17) is 0 Å². The lowest BCUT2D eigenvalue weighted by Gasteiger charge is -2.39. The van der Waals surface area contributed by atoms with Crippen LogP contribution in [0.3, 0.4) is 0 Å². The highest BCUT2D eigenvalue weighted by Crippen LogP contribution is 2.44. The minimum Gasteiger partial charge on any atom is -0.0848 e. The molecule has 3 atom stereocenters. The first-order valence-corrected chi connectivity index (χ1v) is 6.46. The van der Waals surface area contributed by atoms with Crippen LogP contribution in [-0.4, -0.2) is 0 Å². The van der Waals surface area contributed by atoms with Crippen LogP contribution in [0.15, 0.2) is 23.3 Å². The maximum Gasteiger partial charge on any atom is 0.00105 e. The molecule has 0 aromatic carbocycles. The lowest BCUT2D eigenvalue weighted by molar-refractivity contribution is 0.274. The predicted octanol–water partition coefficient (Wildman–Crippen LogP) is 4.58. The molecule has 0 fully saturated rings. The molecule has 0 aromatic heterocycles. The SMILES string of the molecule is CC1=C2C[C@H](C)C=C[C@@H]2[C@H](C(C)C)CC1. The second kappa shape index (κ2) is 4.15. The second-order valence-electron chi connectivity index (χ2n) is 5.84. The fraction of sp³-hybridized carbons (Fsp3) is 0.733. The van der Waals surface area contributed by atoms with Crippen LogP contribution in [0.4, 0.5) is 0 Å². The van der Waals surface area contributed by atoms with Gasteiger partial charge in [0.05, 0.1) is 0 Å². The lowest BCUT2D eigenvalue weighted by atomic mass is 9.66. The van der Waals surface area contributed by atoms with Gasteiger partial charge in [-0.25, -0.2) is 0 Å². The van der Waals surface area contributed by atoms with E-state index in [0.717, 1.165) is 23.7 Å². The monoisotopic (exact) mass is 204 g/mol. The Morgan fingerprint density at radius 2 is 2.00 bits per heavy atom. The van der Waals surface area contributed by atoms with Gasteiger partial charge >= 0.3 is 0 Å². The molecule has 0 heterocycles. The van der Waals surface area contributed by atoms with Gasteiger partial charge in [0, 0.05) is 5.92 Å². The van der Waals surface area contributed by atoms with Crippen LogP contribution in [0.1, 0.15) is 47.0 Å². The zero-order valence-corrected chi connectivity index (χ0v) is 10.6. The Kier molecular flexibility index (Phi) is 3.04. The second-order valence-corrected chi connectivity index (χ2v) is 5.84. The third kappa shape index (κ3) is 2.04. The first-order chi connectivity index (χ1) is 7.09. The van der Waals surface area contributed by atoms with Gasteiger partial charge in [-0.15, -0.1) is 0 Å². The molecule has 0 bridgehead atoms. The molecule has 2 rings (SSSR count). The van der Waals surface area contributed by atoms with Crippen molar-refractivity contribution in [2.45, 2.75) is 47.0 Å². The summed E-state index contributed by atoms with van der Waals surface area (Å²) in [6, 6.07) is 0. The molecule has 0 radical (unpaired) electrons. The third-order valence-corrected chi connectivity index (χ3v) is 4.31. The standard InChI is InChI=1S/C15H24/c1-10(2)13-8-6-12(4)15-9-11(3)5-7-14(13)15/h5,7,10-11,13-14H,6,8-9H2,1-4H3/t11-,13+,14-/m1/s1. The molecule has 0 saturated heterocycles. The van der Waals surface area contributed by atoms with Crippen molar-refractivity contribution in [3.05, 3.63) is 23.3 Å². The minimum absolute atomic E-state index is 0.761. The van der Waals surface area contributed by atoms with E-state index in [9.17, 15) is 0 Å². The molecule has 0 unspecified atom stereocenters. The number of allylic oxidation sites excluding steroid dienone is 4. The largest absolute Gasteiger partial charge is 0.0848 e. The van der Waals surface area contributed by atoms with E-state index in [1.54, 1.807) is 11.1 Å². The van der Waals surface area contributed by atoms with Crippen LogP contribution >= 0.6 is 0 Å². The summed E-state index contributed by atoms with van der Waals surface area (Å²) in [6.07, 6.45) is 8.99. The van der Waals surface area contributed by atoms with Gasteiger partial charge in [-0.1, -0.05) is 44.1 Å². The molecule has 0 N–H and O–H groups in total. The van der Waals surface area contributed by atoms with Crippen molar-refractivity contribution < 1.29 is 0 Å². The number of fused-ring (bicyclic) bond motifs is 1. The maximum atomic E-state index is 2.50. The van der Waals surface area contributed by atoms with Crippen molar-refractivity contribution in [2.75, 3.05) is 0 Å². The maximum absolute atomic E-state index is 2.50. The summed E-state index contributed by atoms with van der Waals surface area (Å²) in [5.74, 6) is 3.26. The Labute approximate surface area is 94.5 Å². The molecule has 0 amide bonds. The van der Waals surface area contributed by atoms with Gasteiger partial charge in [-0.05, 0) is 43.9 Å². The number of hydrogen-bond donors (Lipinski definition) is 0. The summed E-state index contributed by atoms with van der Waals surface area (Å²) in [4.78, 5) is 0. The Morgan fingerprint density at radius 3 is 2.67 bits per heavy atom. The first kappa shape index (κ1) is 11.0. The van der Waals surface area contributed by atoms with Gasteiger partial charge < -0.3 is 0 Å². The summed E-state index contributed by atoms with van der Waals surface area (Å²) >= 11 is 0. The Morgan fingerprint density at radius 1 is 1.27 bits per heavy atom. The van der Waals surface area contributed by atoms with Crippen molar-refractivity contribution in [3.63, 3.8) is 0 Å². The number of hydrogen-bond acceptors (Lipinski definition) is 0. The quantitative estimate of drug-likeness (QED) is 0.548. The van der Waals surface area contributed by atoms with Crippen LogP contribution in [0.5, 0.6) is 0 Å². The van der Waals surface area contributed by atoms with Crippen LogP contribution in [-0.2, 0) is 0 Å². The van der Waals surface area contributed by atoms with Gasteiger partial charge in [0.2, 0.25) is 0 Å². The fourth-order valence-corrected chi connectivity index (χ4v) is 3.31. The predicted molar refractivity (Wildman–Crippen MR) is 66.7 cm³/mol. The summed E-state index contributed by atoms with van der Waals surface area (Å²) in [5.41, 5.74) is 3.46. The summed E-state index contributed by atoms with van der Waals surface area (Å²) < 4.78 is 0. The average Bonchev–Trinajstić information content (AvgIpc) is 2.19. The highest BCUT2D eigenvalue weighted by atomic mass is 14.4. The van der Waals surface area contributed by atoms with Crippen LogP contribution in [0.25, 0.3) is 0 Å². The summed E-state index contributed by atoms with van der Waals surface area (Å²) in [6.45, 7) is 9.46. The lowest BCUT2D eigenvalue weighted by Crippen LogP contribution is -2.27. The molecular formula is C15H24. The van der Waals surface area contributed by atoms with Gasteiger partial charge in [-0.2, -0.15) is 0 Å². The van der Waals surface area contributed by atoms with Crippen LogP contribution < -0.4 is 0 Å². The van der Waals surface area contributed by atoms with E-state index in [1.165, 1.54) is 19.3 Å². The normalized spacial score (nSPS) is 35.9. The van der Waals surface area contributed by atoms with E-state index in [-0.39, 0.29) is 0 Å². The van der Waals surface area contributed by atoms with Crippen molar-refractivity contribution in [1.29, 1.82) is 0 Å². The van der Waals surface area contributed by atoms with Crippen molar-refractivity contribution in [3.8, 4) is 0 Å². The van der Waals surface area contributed by atoms with Gasteiger partial charge in [-0.3, -0.25) is 0 Å². The zero-order valence-electron chi connectivity index (χ0n) is 10.6. The van der Waals surface area contributed by atoms with E-state index in [0.29, 0.717) is 0 Å². The number of rotatable bonds is 1. The molecule has 2 aliphatic rings. The van der Waals surface area contributed by atoms with Gasteiger partial charge in [0.1, 0.15) is 0 Å². The van der Waals surface area contributed by atoms with E-state index in [1.807, 2.05) is 0 Å². The topological polar surface area (TPSA) is 0 Å². The molecule has 0 spiro atoms. The van der Waals surface area contributed by atoms with Gasteiger partial charge in [0.25, 0.3) is 0 Å². The first-order valence-electron chi connectivity index (χ1n) is 6.46. The summed E-state index contributed by atoms with van der Waals surface area (Å²) in [5, 5.41) is 0. The zero-order chi connectivity index (χ0) is 11.0. The molecule has 0 aliphatic heterocycles.